The van der Waals surface area contributed by atoms with Gasteiger partial charge in [-0.25, -0.2) is 12.1 Å². The summed E-state index contributed by atoms with van der Waals surface area (Å²) < 4.78 is 0. The second-order valence-electron chi connectivity index (χ2n) is 0.962. The Morgan fingerprint density at radius 3 is 1.44 bits per heavy atom. The summed E-state index contributed by atoms with van der Waals surface area (Å²) in [4.78, 5) is 0. The molecule has 0 radical (unpaired) electrons. The monoisotopic (exact) mass is 178 g/mol. The van der Waals surface area contributed by atoms with Crippen LogP contribution in [0.15, 0.2) is 30.3 Å². The summed E-state index contributed by atoms with van der Waals surface area (Å²) in [6.07, 6.45) is 0. The van der Waals surface area contributed by atoms with E-state index in [9.17, 15) is 0 Å². The summed E-state index contributed by atoms with van der Waals surface area (Å²) in [5.74, 6) is 0. The predicted molar refractivity (Wildman–Crippen MR) is 40.7 cm³/mol. The van der Waals surface area contributed by atoms with E-state index >= 15 is 0 Å². The molecule has 0 atom stereocenters. The molecule has 0 bridgehead atoms. The van der Waals surface area contributed by atoms with Gasteiger partial charge < -0.3 is 14.9 Å². The van der Waals surface area contributed by atoms with Crippen LogP contribution in [0.25, 0.3) is 0 Å². The van der Waals surface area contributed by atoms with Gasteiger partial charge in [0.2, 0.25) is 0 Å². The van der Waals surface area contributed by atoms with E-state index in [2.05, 4.69) is 9.30 Å². The average Bonchev–Trinajstić information content (AvgIpc) is 2.23. The van der Waals surface area contributed by atoms with Crippen molar-refractivity contribution < 1.29 is 19.4 Å². The molecule has 0 aromatic heterocycles. The molecule has 0 saturated heterocycles. The van der Waals surface area contributed by atoms with Crippen LogP contribution in [0.2, 0.25) is 0 Å². The molecule has 0 nitrogen and oxygen atoms in total. The normalized spacial score (nSPS) is 5.22. The molecule has 0 amide bonds. The maximum Gasteiger partial charge on any atom is -0.172 e. The molecule has 50 valence electrons. The van der Waals surface area contributed by atoms with Crippen molar-refractivity contribution in [3.63, 3.8) is 0 Å². The van der Waals surface area contributed by atoms with Crippen LogP contribution in [-0.2, 0) is 19.4 Å². The zero-order valence-electron chi connectivity index (χ0n) is 5.76. The van der Waals surface area contributed by atoms with Crippen LogP contribution in [0.5, 0.6) is 0 Å². The van der Waals surface area contributed by atoms with Gasteiger partial charge in [-0.05, 0) is 0 Å². The summed E-state index contributed by atoms with van der Waals surface area (Å²) in [6.45, 7) is 0. The summed E-state index contributed by atoms with van der Waals surface area (Å²) in [7, 11) is 4.64. The maximum atomic E-state index is 4.64. The van der Waals surface area contributed by atoms with Crippen molar-refractivity contribution in [2.45, 2.75) is 0 Å². The molecule has 1 aromatic rings. The SMILES string of the molecule is [CH3-].[CH3-].[Cl][Ti+3].c1cc[cH-]c1. The first kappa shape index (κ1) is 16.2. The molecular formula is C7H11ClTi. The molecule has 0 aliphatic carbocycles. The van der Waals surface area contributed by atoms with Gasteiger partial charge in [-0.2, -0.15) is 18.2 Å². The van der Waals surface area contributed by atoms with Crippen LogP contribution in [-0.4, -0.2) is 0 Å². The molecule has 1 rings (SSSR count). The minimum atomic E-state index is 0. The zero-order valence-corrected chi connectivity index (χ0v) is 8.08. The molecule has 0 heterocycles. The molecule has 1 aromatic carbocycles. The first-order valence-corrected chi connectivity index (χ1v) is 4.00. The molecule has 0 aliphatic rings. The number of hydrogen-bond donors (Lipinski definition) is 0. The van der Waals surface area contributed by atoms with Crippen LogP contribution < -0.4 is 0 Å². The summed E-state index contributed by atoms with van der Waals surface area (Å²) in [5, 5.41) is 0. The fourth-order valence-electron chi connectivity index (χ4n) is 0.321. The second-order valence-corrected chi connectivity index (χ2v) is 0.962. The van der Waals surface area contributed by atoms with Crippen molar-refractivity contribution in [1.29, 1.82) is 0 Å². The van der Waals surface area contributed by atoms with E-state index < -0.39 is 0 Å². The van der Waals surface area contributed by atoms with E-state index in [1.165, 1.54) is 19.4 Å². The van der Waals surface area contributed by atoms with Crippen LogP contribution >= 0.6 is 9.30 Å². The van der Waals surface area contributed by atoms with Crippen LogP contribution in [0.1, 0.15) is 0 Å². The summed E-state index contributed by atoms with van der Waals surface area (Å²) in [6, 6.07) is 10.0. The Labute approximate surface area is 73.9 Å². The third kappa shape index (κ3) is 11.8. The first-order valence-electron chi connectivity index (χ1n) is 1.86. The van der Waals surface area contributed by atoms with E-state index in [1.54, 1.807) is 0 Å². The third-order valence-corrected chi connectivity index (χ3v) is 0.556. The standard InChI is InChI=1S/C5H5.2CH3.ClH.Ti/c1-2-4-5-3-1;;;;/h1-5H;2*1H3;1H;/q3*-1;;+4/p-1. The molecule has 0 fully saturated rings. The quantitative estimate of drug-likeness (QED) is 0.423. The molecule has 2 heteroatoms. The molecule has 0 unspecified atom stereocenters. The Hall–Kier alpha value is 0.354. The van der Waals surface area contributed by atoms with E-state index in [0.717, 1.165) is 0 Å². The molecule has 0 saturated carbocycles. The summed E-state index contributed by atoms with van der Waals surface area (Å²) in [5.41, 5.74) is 0. The van der Waals surface area contributed by atoms with Gasteiger partial charge in [-0.15, -0.1) is 0 Å². The average molecular weight is 178 g/mol. The van der Waals surface area contributed by atoms with Crippen molar-refractivity contribution in [1.82, 2.24) is 0 Å². The second kappa shape index (κ2) is 15.8. The van der Waals surface area contributed by atoms with E-state index in [0.29, 0.717) is 0 Å². The Balaban J connectivity index is -0.0000000836. The topological polar surface area (TPSA) is 0 Å². The third-order valence-electron chi connectivity index (χ3n) is 0.556. The number of hydrogen-bond acceptors (Lipinski definition) is 0. The van der Waals surface area contributed by atoms with Crippen LogP contribution in [0.4, 0.5) is 0 Å². The minimum absolute atomic E-state index is 0. The maximum absolute atomic E-state index is 4.64. The van der Waals surface area contributed by atoms with Gasteiger partial charge in [0, 0.05) is 0 Å². The van der Waals surface area contributed by atoms with E-state index in [4.69, 9.17) is 0 Å². The molecule has 0 aliphatic heterocycles. The van der Waals surface area contributed by atoms with Gasteiger partial charge in [0.1, 0.15) is 0 Å². The molecular weight excluding hydrogens is 167 g/mol. The number of rotatable bonds is 0. The fourth-order valence-corrected chi connectivity index (χ4v) is 0.321. The fraction of sp³-hybridized carbons (Fsp3) is 0. The van der Waals surface area contributed by atoms with Gasteiger partial charge in [0.15, 0.2) is 0 Å². The van der Waals surface area contributed by atoms with Crippen LogP contribution in [0.3, 0.4) is 0 Å². The molecule has 9 heavy (non-hydrogen) atoms. The Kier molecular flexibility index (Phi) is 28.3. The van der Waals surface area contributed by atoms with Crippen molar-refractivity contribution in [2.24, 2.45) is 0 Å². The molecule has 0 N–H and O–H groups in total. The number of halogens is 1. The Morgan fingerprint density at radius 1 is 1.00 bits per heavy atom. The largest absolute Gasteiger partial charge is 0.214 e. The van der Waals surface area contributed by atoms with Crippen molar-refractivity contribution in [2.75, 3.05) is 0 Å². The smallest absolute Gasteiger partial charge is 0.172 e. The zero-order chi connectivity index (χ0) is 5.54. The Bertz CT molecular complexity index is 65.4. The van der Waals surface area contributed by atoms with E-state index in [-0.39, 0.29) is 14.9 Å². The Morgan fingerprint density at radius 2 is 1.33 bits per heavy atom. The summed E-state index contributed by atoms with van der Waals surface area (Å²) >= 11 is 1.47. The van der Waals surface area contributed by atoms with Crippen molar-refractivity contribution in [3.8, 4) is 0 Å². The minimum Gasteiger partial charge on any atom is -0.214 e. The van der Waals surface area contributed by atoms with Gasteiger partial charge in [-0.3, -0.25) is 0 Å². The van der Waals surface area contributed by atoms with Gasteiger partial charge in [0.05, 0.1) is 0 Å². The van der Waals surface area contributed by atoms with Gasteiger partial charge >= 0.3 is 28.7 Å². The molecule has 0 spiro atoms. The predicted octanol–water partition coefficient (Wildman–Crippen LogP) is 2.99. The van der Waals surface area contributed by atoms with E-state index in [1.807, 2.05) is 30.3 Å². The van der Waals surface area contributed by atoms with Gasteiger partial charge in [0.25, 0.3) is 0 Å². The van der Waals surface area contributed by atoms with Gasteiger partial charge in [-0.1, -0.05) is 0 Å². The van der Waals surface area contributed by atoms with Crippen molar-refractivity contribution >= 4 is 9.30 Å². The first-order chi connectivity index (χ1) is 3.50. The van der Waals surface area contributed by atoms with Crippen molar-refractivity contribution in [3.05, 3.63) is 45.2 Å². The van der Waals surface area contributed by atoms with Crippen LogP contribution in [0, 0.1) is 14.9 Å².